The van der Waals surface area contributed by atoms with E-state index in [2.05, 4.69) is 15.7 Å². The number of aryl methyl sites for hydroxylation is 1. The van der Waals surface area contributed by atoms with E-state index in [1.165, 1.54) is 18.1 Å². The van der Waals surface area contributed by atoms with Gasteiger partial charge >= 0.3 is 5.97 Å². The van der Waals surface area contributed by atoms with Gasteiger partial charge in [0, 0.05) is 24.5 Å². The van der Waals surface area contributed by atoms with Crippen LogP contribution in [0.25, 0.3) is 0 Å². The molecule has 3 rings (SSSR count). The molecule has 3 N–H and O–H groups in total. The van der Waals surface area contributed by atoms with Crippen LogP contribution in [-0.2, 0) is 20.8 Å². The topological polar surface area (TPSA) is 111 Å². The van der Waals surface area contributed by atoms with Crippen LogP contribution in [0, 0.1) is 5.92 Å². The van der Waals surface area contributed by atoms with Crippen LogP contribution in [0.4, 0.5) is 17.1 Å². The third-order valence-corrected chi connectivity index (χ3v) is 5.15. The second-order valence-corrected chi connectivity index (χ2v) is 7.34. The van der Waals surface area contributed by atoms with Gasteiger partial charge in [0.25, 0.3) is 5.91 Å². The number of hydrazone groups is 1. The van der Waals surface area contributed by atoms with E-state index < -0.39 is 17.8 Å². The predicted octanol–water partition coefficient (Wildman–Crippen LogP) is 4.02. The van der Waals surface area contributed by atoms with Crippen LogP contribution < -0.4 is 15.6 Å². The van der Waals surface area contributed by atoms with Crippen molar-refractivity contribution in [1.29, 1.82) is 0 Å². The number of hydrogen-bond acceptors (Lipinski definition) is 5. The zero-order valence-corrected chi connectivity index (χ0v) is 18.3. The van der Waals surface area contributed by atoms with Crippen molar-refractivity contribution in [2.24, 2.45) is 11.0 Å². The minimum Gasteiger partial charge on any atom is -0.481 e. The van der Waals surface area contributed by atoms with Crippen LogP contribution >= 0.6 is 0 Å². The number of nitrogens with one attached hydrogen (secondary N) is 2. The van der Waals surface area contributed by atoms with E-state index in [1.54, 1.807) is 31.2 Å². The van der Waals surface area contributed by atoms with Crippen molar-refractivity contribution in [2.75, 3.05) is 15.6 Å². The summed E-state index contributed by atoms with van der Waals surface area (Å²) in [5.41, 5.74) is 3.38. The first-order valence-electron chi connectivity index (χ1n) is 10.4. The third kappa shape index (κ3) is 4.85. The van der Waals surface area contributed by atoms with Crippen molar-refractivity contribution in [1.82, 2.24) is 0 Å². The Morgan fingerprint density at radius 2 is 1.81 bits per heavy atom. The second-order valence-electron chi connectivity index (χ2n) is 7.34. The number of aliphatic carboxylic acids is 1. The summed E-state index contributed by atoms with van der Waals surface area (Å²) in [5, 5.41) is 21.1. The molecule has 2 aromatic rings. The van der Waals surface area contributed by atoms with Gasteiger partial charge in [-0.15, -0.1) is 0 Å². The summed E-state index contributed by atoms with van der Waals surface area (Å²) in [6.07, 6.45) is 2.63. The van der Waals surface area contributed by atoms with Crippen LogP contribution in [0.1, 0.15) is 32.8 Å². The van der Waals surface area contributed by atoms with Gasteiger partial charge < -0.3 is 15.7 Å². The number of benzene rings is 2. The van der Waals surface area contributed by atoms with Crippen LogP contribution in [0.3, 0.4) is 0 Å². The lowest BCUT2D eigenvalue weighted by molar-refractivity contribution is -0.139. The number of carbonyl (C=O) groups excluding carboxylic acids is 2. The first-order valence-corrected chi connectivity index (χ1v) is 10.4. The highest BCUT2D eigenvalue weighted by atomic mass is 16.4. The van der Waals surface area contributed by atoms with Gasteiger partial charge in [-0.1, -0.05) is 32.0 Å². The quantitative estimate of drug-likeness (QED) is 0.544. The van der Waals surface area contributed by atoms with Crippen molar-refractivity contribution in [3.63, 3.8) is 0 Å². The summed E-state index contributed by atoms with van der Waals surface area (Å²) < 4.78 is 0. The van der Waals surface area contributed by atoms with Gasteiger partial charge in [0.15, 0.2) is 0 Å². The van der Waals surface area contributed by atoms with Crippen molar-refractivity contribution >= 4 is 40.6 Å². The van der Waals surface area contributed by atoms with Crippen molar-refractivity contribution in [2.45, 2.75) is 33.6 Å². The molecule has 2 amide bonds. The van der Waals surface area contributed by atoms with Crippen molar-refractivity contribution in [3.05, 3.63) is 65.9 Å². The highest BCUT2D eigenvalue weighted by molar-refractivity contribution is 6.33. The Bertz CT molecular complexity index is 1090. The molecule has 0 saturated carbocycles. The molecular weight excluding hydrogens is 408 g/mol. The molecule has 8 heteroatoms. The van der Waals surface area contributed by atoms with Crippen LogP contribution in [0.15, 0.2) is 65.4 Å². The summed E-state index contributed by atoms with van der Waals surface area (Å²) in [4.78, 5) is 36.3. The standard InChI is InChI=1S/C24H26N4O4/c1-4-16-8-6-7-9-21(16)25-14-20-22(19(5-2)24(31)32)27-28(23(20)30)18-12-10-17(11-13-18)26-15(3)29/h6-14,19,25H,4-5H2,1-3H3,(H,26,29)(H,31,32). The average Bonchev–Trinajstić information content (AvgIpc) is 3.08. The van der Waals surface area contributed by atoms with Crippen LogP contribution in [0.2, 0.25) is 0 Å². The van der Waals surface area contributed by atoms with Gasteiger partial charge in [0.1, 0.15) is 5.92 Å². The van der Waals surface area contributed by atoms with Gasteiger partial charge in [-0.05, 0) is 48.7 Å². The van der Waals surface area contributed by atoms with Crippen LogP contribution in [0.5, 0.6) is 0 Å². The maximum absolute atomic E-state index is 13.2. The number of hydrogen-bond donors (Lipinski definition) is 3. The summed E-state index contributed by atoms with van der Waals surface area (Å²) in [6.45, 7) is 5.19. The van der Waals surface area contributed by atoms with E-state index in [4.69, 9.17) is 0 Å². The number of para-hydroxylation sites is 1. The molecule has 8 nitrogen and oxygen atoms in total. The molecule has 0 spiro atoms. The van der Waals surface area contributed by atoms with Gasteiger partial charge in [0.2, 0.25) is 5.91 Å². The highest BCUT2D eigenvalue weighted by Crippen LogP contribution is 2.29. The molecule has 0 bridgehead atoms. The minimum atomic E-state index is -1.04. The molecule has 0 saturated heterocycles. The Labute approximate surface area is 186 Å². The zero-order chi connectivity index (χ0) is 23.3. The fourth-order valence-electron chi connectivity index (χ4n) is 3.49. The Kier molecular flexibility index (Phi) is 7.04. The number of anilines is 3. The molecule has 0 radical (unpaired) electrons. The van der Waals surface area contributed by atoms with E-state index in [0.29, 0.717) is 17.8 Å². The Hall–Kier alpha value is -3.94. The molecule has 166 valence electrons. The molecular formula is C24H26N4O4. The van der Waals surface area contributed by atoms with Gasteiger partial charge in [-0.3, -0.25) is 14.4 Å². The van der Waals surface area contributed by atoms with Gasteiger partial charge in [0.05, 0.1) is 17.0 Å². The second kappa shape index (κ2) is 9.91. The lowest BCUT2D eigenvalue weighted by atomic mass is 9.95. The van der Waals surface area contributed by atoms with E-state index in [-0.39, 0.29) is 17.2 Å². The van der Waals surface area contributed by atoms with Crippen molar-refractivity contribution < 1.29 is 19.5 Å². The lowest BCUT2D eigenvalue weighted by Crippen LogP contribution is -2.26. The first-order chi connectivity index (χ1) is 15.3. The number of nitrogens with zero attached hydrogens (tertiary/aromatic N) is 2. The Balaban J connectivity index is 1.97. The van der Waals surface area contributed by atoms with E-state index in [9.17, 15) is 19.5 Å². The largest absolute Gasteiger partial charge is 0.481 e. The molecule has 1 aliphatic heterocycles. The molecule has 1 heterocycles. The molecule has 2 aromatic carbocycles. The van der Waals surface area contributed by atoms with Gasteiger partial charge in [-0.2, -0.15) is 10.1 Å². The number of amides is 2. The summed E-state index contributed by atoms with van der Waals surface area (Å²) in [7, 11) is 0. The molecule has 0 fully saturated rings. The summed E-state index contributed by atoms with van der Waals surface area (Å²) in [5.74, 6) is -2.58. The van der Waals surface area contributed by atoms with Crippen LogP contribution in [-0.4, -0.2) is 28.6 Å². The summed E-state index contributed by atoms with van der Waals surface area (Å²) in [6, 6.07) is 14.3. The minimum absolute atomic E-state index is 0.203. The molecule has 1 unspecified atom stereocenters. The number of carboxylic acid groups (broad SMARTS) is 1. The smallest absolute Gasteiger partial charge is 0.312 e. The van der Waals surface area contributed by atoms with Gasteiger partial charge in [-0.25, -0.2) is 0 Å². The SMILES string of the molecule is CCc1ccccc1NC=C1C(=O)N(c2ccc(NC(C)=O)cc2)N=C1C(CC)C(=O)O. The number of carboxylic acids is 1. The highest BCUT2D eigenvalue weighted by Gasteiger charge is 2.37. The lowest BCUT2D eigenvalue weighted by Gasteiger charge is -2.13. The molecule has 1 aliphatic rings. The maximum atomic E-state index is 13.2. The van der Waals surface area contributed by atoms with Crippen molar-refractivity contribution in [3.8, 4) is 0 Å². The summed E-state index contributed by atoms with van der Waals surface area (Å²) >= 11 is 0. The normalized spacial score (nSPS) is 15.5. The third-order valence-electron chi connectivity index (χ3n) is 5.15. The van der Waals surface area contributed by atoms with E-state index in [0.717, 1.165) is 17.7 Å². The molecule has 0 aromatic heterocycles. The predicted molar refractivity (Wildman–Crippen MR) is 125 cm³/mol. The monoisotopic (exact) mass is 434 g/mol. The first kappa shape index (κ1) is 22.7. The molecule has 32 heavy (non-hydrogen) atoms. The zero-order valence-electron chi connectivity index (χ0n) is 18.3. The Morgan fingerprint density at radius 1 is 1.12 bits per heavy atom. The van der Waals surface area contributed by atoms with E-state index >= 15 is 0 Å². The number of rotatable bonds is 8. The number of carbonyl (C=O) groups is 3. The van der Waals surface area contributed by atoms with E-state index in [1.807, 2.05) is 31.2 Å². The Morgan fingerprint density at radius 3 is 2.41 bits per heavy atom. The average molecular weight is 434 g/mol. The fourth-order valence-corrected chi connectivity index (χ4v) is 3.49. The molecule has 1 atom stereocenters. The fraction of sp³-hybridized carbons (Fsp3) is 0.250. The molecule has 0 aliphatic carbocycles. The maximum Gasteiger partial charge on any atom is 0.312 e.